The first-order valence-electron chi connectivity index (χ1n) is 6.66. The van der Waals surface area contributed by atoms with Crippen molar-refractivity contribution in [3.8, 4) is 0 Å². The third-order valence-electron chi connectivity index (χ3n) is 3.54. The SMILES string of the molecule is CCNC(C)CC(=O)NC(C)C1CCCC1. The highest BCUT2D eigenvalue weighted by Crippen LogP contribution is 2.27. The van der Waals surface area contributed by atoms with Crippen molar-refractivity contribution >= 4 is 5.91 Å². The van der Waals surface area contributed by atoms with Crippen LogP contribution in [0.15, 0.2) is 0 Å². The molecule has 1 aliphatic rings. The molecule has 0 aromatic carbocycles. The molecule has 2 unspecified atom stereocenters. The molecule has 0 radical (unpaired) electrons. The Morgan fingerprint density at radius 1 is 1.31 bits per heavy atom. The smallest absolute Gasteiger partial charge is 0.221 e. The van der Waals surface area contributed by atoms with Gasteiger partial charge in [0, 0.05) is 18.5 Å². The van der Waals surface area contributed by atoms with Gasteiger partial charge in [0.05, 0.1) is 0 Å². The molecule has 0 bridgehead atoms. The normalized spacial score (nSPS) is 20.7. The van der Waals surface area contributed by atoms with E-state index >= 15 is 0 Å². The lowest BCUT2D eigenvalue weighted by Gasteiger charge is -2.21. The van der Waals surface area contributed by atoms with Gasteiger partial charge in [0.2, 0.25) is 5.91 Å². The van der Waals surface area contributed by atoms with E-state index in [1.807, 2.05) is 0 Å². The molecule has 16 heavy (non-hydrogen) atoms. The number of rotatable bonds is 6. The van der Waals surface area contributed by atoms with Crippen molar-refractivity contribution in [3.63, 3.8) is 0 Å². The van der Waals surface area contributed by atoms with E-state index in [2.05, 4.69) is 31.4 Å². The van der Waals surface area contributed by atoms with Gasteiger partial charge in [0.25, 0.3) is 0 Å². The molecule has 94 valence electrons. The van der Waals surface area contributed by atoms with Gasteiger partial charge >= 0.3 is 0 Å². The second-order valence-electron chi connectivity index (χ2n) is 5.06. The Hall–Kier alpha value is -0.570. The van der Waals surface area contributed by atoms with Crippen LogP contribution in [-0.4, -0.2) is 24.5 Å². The molecule has 0 spiro atoms. The van der Waals surface area contributed by atoms with E-state index in [1.54, 1.807) is 0 Å². The highest BCUT2D eigenvalue weighted by molar-refractivity contribution is 5.76. The molecular formula is C13H26N2O. The van der Waals surface area contributed by atoms with Crippen molar-refractivity contribution in [2.24, 2.45) is 5.92 Å². The predicted molar refractivity (Wildman–Crippen MR) is 67.3 cm³/mol. The van der Waals surface area contributed by atoms with Crippen LogP contribution in [0, 0.1) is 5.92 Å². The van der Waals surface area contributed by atoms with Crippen LogP contribution < -0.4 is 10.6 Å². The van der Waals surface area contributed by atoms with Gasteiger partial charge in [0.15, 0.2) is 0 Å². The van der Waals surface area contributed by atoms with Gasteiger partial charge in [-0.3, -0.25) is 4.79 Å². The van der Waals surface area contributed by atoms with E-state index in [0.29, 0.717) is 18.4 Å². The summed E-state index contributed by atoms with van der Waals surface area (Å²) < 4.78 is 0. The molecule has 1 saturated carbocycles. The average molecular weight is 226 g/mol. The summed E-state index contributed by atoms with van der Waals surface area (Å²) in [7, 11) is 0. The molecule has 1 fully saturated rings. The van der Waals surface area contributed by atoms with Crippen LogP contribution in [0.3, 0.4) is 0 Å². The Morgan fingerprint density at radius 3 is 2.50 bits per heavy atom. The van der Waals surface area contributed by atoms with Gasteiger partial charge in [-0.25, -0.2) is 0 Å². The molecule has 2 atom stereocenters. The summed E-state index contributed by atoms with van der Waals surface area (Å²) in [5.41, 5.74) is 0. The quantitative estimate of drug-likeness (QED) is 0.728. The molecular weight excluding hydrogens is 200 g/mol. The van der Waals surface area contributed by atoms with Crippen molar-refractivity contribution in [2.75, 3.05) is 6.54 Å². The summed E-state index contributed by atoms with van der Waals surface area (Å²) in [6.07, 6.45) is 5.82. The van der Waals surface area contributed by atoms with Crippen molar-refractivity contribution in [1.82, 2.24) is 10.6 Å². The monoisotopic (exact) mass is 226 g/mol. The fourth-order valence-corrected chi connectivity index (χ4v) is 2.59. The van der Waals surface area contributed by atoms with E-state index in [1.165, 1.54) is 25.7 Å². The van der Waals surface area contributed by atoms with E-state index in [0.717, 1.165) is 6.54 Å². The number of nitrogens with one attached hydrogen (secondary N) is 2. The number of hydrogen-bond donors (Lipinski definition) is 2. The highest BCUT2D eigenvalue weighted by Gasteiger charge is 2.22. The van der Waals surface area contributed by atoms with Crippen molar-refractivity contribution < 1.29 is 4.79 Å². The van der Waals surface area contributed by atoms with Crippen molar-refractivity contribution in [1.29, 1.82) is 0 Å². The molecule has 0 aromatic rings. The topological polar surface area (TPSA) is 41.1 Å². The van der Waals surface area contributed by atoms with Gasteiger partial charge in [-0.2, -0.15) is 0 Å². The van der Waals surface area contributed by atoms with Gasteiger partial charge in [-0.05, 0) is 39.2 Å². The van der Waals surface area contributed by atoms with Gasteiger partial charge < -0.3 is 10.6 Å². The fraction of sp³-hybridized carbons (Fsp3) is 0.923. The second kappa shape index (κ2) is 6.89. The van der Waals surface area contributed by atoms with Crippen LogP contribution in [0.2, 0.25) is 0 Å². The summed E-state index contributed by atoms with van der Waals surface area (Å²) >= 11 is 0. The van der Waals surface area contributed by atoms with Gasteiger partial charge in [-0.1, -0.05) is 19.8 Å². The van der Waals surface area contributed by atoms with Crippen molar-refractivity contribution in [3.05, 3.63) is 0 Å². The average Bonchev–Trinajstić information content (AvgIpc) is 2.69. The summed E-state index contributed by atoms with van der Waals surface area (Å²) in [6.45, 7) is 7.19. The molecule has 1 rings (SSSR count). The third-order valence-corrected chi connectivity index (χ3v) is 3.54. The summed E-state index contributed by atoms with van der Waals surface area (Å²) in [4.78, 5) is 11.7. The molecule has 0 aliphatic heterocycles. The van der Waals surface area contributed by atoms with Gasteiger partial charge in [0.1, 0.15) is 0 Å². The number of hydrogen-bond acceptors (Lipinski definition) is 2. The van der Waals surface area contributed by atoms with E-state index in [-0.39, 0.29) is 11.9 Å². The van der Waals surface area contributed by atoms with Crippen LogP contribution in [0.4, 0.5) is 0 Å². The maximum absolute atomic E-state index is 11.7. The Morgan fingerprint density at radius 2 is 1.94 bits per heavy atom. The molecule has 1 aliphatic carbocycles. The minimum absolute atomic E-state index is 0.188. The molecule has 2 N–H and O–H groups in total. The third kappa shape index (κ3) is 4.52. The molecule has 3 heteroatoms. The van der Waals surface area contributed by atoms with Crippen LogP contribution >= 0.6 is 0 Å². The highest BCUT2D eigenvalue weighted by atomic mass is 16.1. The Kier molecular flexibility index (Phi) is 5.81. The minimum atomic E-state index is 0.188. The molecule has 1 amide bonds. The maximum atomic E-state index is 11.7. The first kappa shape index (κ1) is 13.5. The second-order valence-corrected chi connectivity index (χ2v) is 5.06. The van der Waals surface area contributed by atoms with Crippen LogP contribution in [0.25, 0.3) is 0 Å². The zero-order valence-electron chi connectivity index (χ0n) is 10.9. The van der Waals surface area contributed by atoms with E-state index in [9.17, 15) is 4.79 Å². The van der Waals surface area contributed by atoms with E-state index in [4.69, 9.17) is 0 Å². The molecule has 3 nitrogen and oxygen atoms in total. The number of amides is 1. The first-order chi connectivity index (χ1) is 7.63. The molecule has 0 heterocycles. The number of carbonyl (C=O) groups excluding carboxylic acids is 1. The lowest BCUT2D eigenvalue weighted by molar-refractivity contribution is -0.122. The fourth-order valence-electron chi connectivity index (χ4n) is 2.59. The summed E-state index contributed by atoms with van der Waals surface area (Å²) in [5, 5.41) is 6.39. The lowest BCUT2D eigenvalue weighted by Crippen LogP contribution is -2.40. The lowest BCUT2D eigenvalue weighted by atomic mass is 9.99. The summed E-state index contributed by atoms with van der Waals surface area (Å²) in [5.74, 6) is 0.895. The molecule has 0 saturated heterocycles. The van der Waals surface area contributed by atoms with Crippen LogP contribution in [-0.2, 0) is 4.79 Å². The van der Waals surface area contributed by atoms with Crippen LogP contribution in [0.5, 0.6) is 0 Å². The Bertz CT molecular complexity index is 212. The predicted octanol–water partition coefficient (Wildman–Crippen LogP) is 2.07. The van der Waals surface area contributed by atoms with Gasteiger partial charge in [-0.15, -0.1) is 0 Å². The first-order valence-corrected chi connectivity index (χ1v) is 6.66. The Balaban J connectivity index is 2.22. The zero-order valence-corrected chi connectivity index (χ0v) is 10.9. The van der Waals surface area contributed by atoms with Crippen LogP contribution in [0.1, 0.15) is 52.9 Å². The largest absolute Gasteiger partial charge is 0.353 e. The minimum Gasteiger partial charge on any atom is -0.353 e. The zero-order chi connectivity index (χ0) is 12.0. The maximum Gasteiger partial charge on any atom is 0.221 e. The number of carbonyl (C=O) groups is 1. The molecule has 0 aromatic heterocycles. The summed E-state index contributed by atoms with van der Waals surface area (Å²) in [6, 6.07) is 0.629. The van der Waals surface area contributed by atoms with E-state index < -0.39 is 0 Å². The Labute approximate surface area is 99.4 Å². The standard InChI is InChI=1S/C13H26N2O/c1-4-14-10(2)9-13(16)15-11(3)12-7-5-6-8-12/h10-12,14H,4-9H2,1-3H3,(H,15,16). The van der Waals surface area contributed by atoms with Crippen molar-refractivity contribution in [2.45, 2.75) is 65.0 Å².